The van der Waals surface area contributed by atoms with Crippen LogP contribution in [0.15, 0.2) is 34.9 Å². The molecule has 3 rings (SSSR count). The van der Waals surface area contributed by atoms with Gasteiger partial charge in [-0.3, -0.25) is 4.90 Å². The molecule has 0 saturated carbocycles. The lowest BCUT2D eigenvalue weighted by atomic mass is 10.2. The minimum atomic E-state index is 0.522. The summed E-state index contributed by atoms with van der Waals surface area (Å²) < 4.78 is 5.32. The molecule has 1 fully saturated rings. The van der Waals surface area contributed by atoms with Gasteiger partial charge in [-0.05, 0) is 19.1 Å². The third-order valence-corrected chi connectivity index (χ3v) is 3.31. The van der Waals surface area contributed by atoms with E-state index >= 15 is 0 Å². The normalized spacial score (nSPS) is 20.6. The molecule has 0 unspecified atom stereocenters. The molecule has 2 aromatic rings. The first-order chi connectivity index (χ1) is 9.31. The summed E-state index contributed by atoms with van der Waals surface area (Å²) in [5, 5.41) is 7.49. The molecule has 1 N–H and O–H groups in total. The van der Waals surface area contributed by atoms with Crippen molar-refractivity contribution in [1.82, 2.24) is 20.4 Å². The average molecular weight is 258 g/mol. The molecule has 0 radical (unpaired) electrons. The fourth-order valence-electron chi connectivity index (χ4n) is 2.37. The number of hydrogen-bond acceptors (Lipinski definition) is 5. The second-order valence-electron chi connectivity index (χ2n) is 4.97. The van der Waals surface area contributed by atoms with Crippen LogP contribution in [0.2, 0.25) is 0 Å². The van der Waals surface area contributed by atoms with Crippen LogP contribution in [-0.4, -0.2) is 40.7 Å². The molecule has 1 aromatic heterocycles. The monoisotopic (exact) mass is 258 g/mol. The summed E-state index contributed by atoms with van der Waals surface area (Å²) >= 11 is 0. The summed E-state index contributed by atoms with van der Waals surface area (Å²) in [4.78, 5) is 6.81. The van der Waals surface area contributed by atoms with Gasteiger partial charge in [0, 0.05) is 31.2 Å². The Morgan fingerprint density at radius 2 is 2.21 bits per heavy atom. The van der Waals surface area contributed by atoms with Gasteiger partial charge in [-0.1, -0.05) is 23.4 Å². The topological polar surface area (TPSA) is 54.2 Å². The highest BCUT2D eigenvalue weighted by Gasteiger charge is 2.18. The second-order valence-corrected chi connectivity index (χ2v) is 4.97. The predicted octanol–water partition coefficient (Wildman–Crippen LogP) is 1.53. The van der Waals surface area contributed by atoms with Crippen LogP contribution in [0.1, 0.15) is 12.7 Å². The fraction of sp³-hybridized carbons (Fsp3) is 0.429. The standard InChI is InChI=1S/C14H18N4O/c1-11-9-18(8-7-15-11)10-13-16-14(19-17-13)12-5-3-2-4-6-12/h2-6,11,15H,7-10H2,1H3/t11-/m0/s1. The molecule has 1 aliphatic rings. The van der Waals surface area contributed by atoms with Gasteiger partial charge in [-0.2, -0.15) is 4.98 Å². The number of nitrogens with one attached hydrogen (secondary N) is 1. The van der Waals surface area contributed by atoms with Crippen molar-refractivity contribution in [3.63, 3.8) is 0 Å². The van der Waals surface area contributed by atoms with E-state index in [4.69, 9.17) is 4.52 Å². The number of aromatic nitrogens is 2. The second kappa shape index (κ2) is 5.50. The minimum Gasteiger partial charge on any atom is -0.334 e. The first kappa shape index (κ1) is 12.3. The Labute approximate surface area is 112 Å². The van der Waals surface area contributed by atoms with E-state index < -0.39 is 0 Å². The number of nitrogens with zero attached hydrogens (tertiary/aromatic N) is 3. The van der Waals surface area contributed by atoms with Crippen molar-refractivity contribution < 1.29 is 4.52 Å². The molecule has 1 aliphatic heterocycles. The van der Waals surface area contributed by atoms with Gasteiger partial charge in [0.05, 0.1) is 6.54 Å². The van der Waals surface area contributed by atoms with Crippen LogP contribution in [0, 0.1) is 0 Å². The minimum absolute atomic E-state index is 0.522. The molecule has 19 heavy (non-hydrogen) atoms. The van der Waals surface area contributed by atoms with E-state index in [1.165, 1.54) is 0 Å². The number of piperazine rings is 1. The predicted molar refractivity (Wildman–Crippen MR) is 72.5 cm³/mol. The number of hydrogen-bond donors (Lipinski definition) is 1. The summed E-state index contributed by atoms with van der Waals surface area (Å²) in [6.45, 7) is 6.01. The van der Waals surface area contributed by atoms with Gasteiger partial charge < -0.3 is 9.84 Å². The molecule has 1 saturated heterocycles. The van der Waals surface area contributed by atoms with Crippen molar-refractivity contribution in [2.45, 2.75) is 19.5 Å². The molecule has 1 atom stereocenters. The molecule has 5 nitrogen and oxygen atoms in total. The Morgan fingerprint density at radius 1 is 1.37 bits per heavy atom. The fourth-order valence-corrected chi connectivity index (χ4v) is 2.37. The van der Waals surface area contributed by atoms with E-state index in [2.05, 4.69) is 27.3 Å². The summed E-state index contributed by atoms with van der Waals surface area (Å²) in [6.07, 6.45) is 0. The van der Waals surface area contributed by atoms with Gasteiger partial charge in [0.2, 0.25) is 0 Å². The molecule has 0 spiro atoms. The van der Waals surface area contributed by atoms with Gasteiger partial charge in [-0.25, -0.2) is 0 Å². The van der Waals surface area contributed by atoms with Gasteiger partial charge in [0.25, 0.3) is 5.89 Å². The van der Waals surface area contributed by atoms with Gasteiger partial charge >= 0.3 is 0 Å². The quantitative estimate of drug-likeness (QED) is 0.905. The molecule has 0 amide bonds. The third kappa shape index (κ3) is 3.00. The molecular weight excluding hydrogens is 240 g/mol. The van der Waals surface area contributed by atoms with Gasteiger partial charge in [0.1, 0.15) is 0 Å². The van der Waals surface area contributed by atoms with E-state index in [1.807, 2.05) is 30.3 Å². The van der Waals surface area contributed by atoms with E-state index in [-0.39, 0.29) is 0 Å². The van der Waals surface area contributed by atoms with E-state index in [0.717, 1.165) is 37.6 Å². The molecule has 0 aliphatic carbocycles. The largest absolute Gasteiger partial charge is 0.334 e. The zero-order valence-electron chi connectivity index (χ0n) is 11.0. The van der Waals surface area contributed by atoms with Crippen molar-refractivity contribution in [2.75, 3.05) is 19.6 Å². The lowest BCUT2D eigenvalue weighted by molar-refractivity contribution is 0.193. The maximum atomic E-state index is 5.32. The summed E-state index contributed by atoms with van der Waals surface area (Å²) in [7, 11) is 0. The third-order valence-electron chi connectivity index (χ3n) is 3.31. The highest BCUT2D eigenvalue weighted by molar-refractivity contribution is 5.51. The van der Waals surface area contributed by atoms with Crippen LogP contribution in [0.5, 0.6) is 0 Å². The zero-order chi connectivity index (χ0) is 13.1. The molecular formula is C14H18N4O. The van der Waals surface area contributed by atoms with Crippen molar-refractivity contribution in [3.8, 4) is 11.5 Å². The highest BCUT2D eigenvalue weighted by atomic mass is 16.5. The maximum Gasteiger partial charge on any atom is 0.257 e. The SMILES string of the molecule is C[C@H]1CN(Cc2noc(-c3ccccc3)n2)CCN1. The zero-order valence-corrected chi connectivity index (χ0v) is 11.0. The van der Waals surface area contributed by atoms with Crippen molar-refractivity contribution in [1.29, 1.82) is 0 Å². The van der Waals surface area contributed by atoms with E-state index in [9.17, 15) is 0 Å². The van der Waals surface area contributed by atoms with Gasteiger partial charge in [0.15, 0.2) is 5.82 Å². The van der Waals surface area contributed by atoms with Crippen LogP contribution < -0.4 is 5.32 Å². The Kier molecular flexibility index (Phi) is 3.57. The first-order valence-electron chi connectivity index (χ1n) is 6.65. The maximum absolute atomic E-state index is 5.32. The van der Waals surface area contributed by atoms with Crippen LogP contribution >= 0.6 is 0 Å². The Balaban J connectivity index is 1.68. The van der Waals surface area contributed by atoms with Crippen LogP contribution in [0.3, 0.4) is 0 Å². The summed E-state index contributed by atoms with van der Waals surface area (Å²) in [6, 6.07) is 10.4. The smallest absolute Gasteiger partial charge is 0.257 e. The van der Waals surface area contributed by atoms with Crippen LogP contribution in [0.4, 0.5) is 0 Å². The molecule has 5 heteroatoms. The molecule has 100 valence electrons. The molecule has 2 heterocycles. The first-order valence-corrected chi connectivity index (χ1v) is 6.65. The lowest BCUT2D eigenvalue weighted by Crippen LogP contribution is -2.48. The highest BCUT2D eigenvalue weighted by Crippen LogP contribution is 2.16. The van der Waals surface area contributed by atoms with Crippen LogP contribution in [-0.2, 0) is 6.54 Å². The Morgan fingerprint density at radius 3 is 3.00 bits per heavy atom. The Bertz CT molecular complexity index is 525. The lowest BCUT2D eigenvalue weighted by Gasteiger charge is -2.30. The molecule has 1 aromatic carbocycles. The molecule has 0 bridgehead atoms. The van der Waals surface area contributed by atoms with Crippen molar-refractivity contribution in [3.05, 3.63) is 36.2 Å². The van der Waals surface area contributed by atoms with Gasteiger partial charge in [-0.15, -0.1) is 0 Å². The summed E-state index contributed by atoms with van der Waals surface area (Å²) in [5.41, 5.74) is 0.968. The number of benzene rings is 1. The average Bonchev–Trinajstić information content (AvgIpc) is 2.88. The van der Waals surface area contributed by atoms with Crippen LogP contribution in [0.25, 0.3) is 11.5 Å². The summed E-state index contributed by atoms with van der Waals surface area (Å²) in [5.74, 6) is 1.35. The van der Waals surface area contributed by atoms with E-state index in [1.54, 1.807) is 0 Å². The van der Waals surface area contributed by atoms with E-state index in [0.29, 0.717) is 11.9 Å². The number of rotatable bonds is 3. The van der Waals surface area contributed by atoms with Crippen molar-refractivity contribution >= 4 is 0 Å². The van der Waals surface area contributed by atoms with Crippen molar-refractivity contribution in [2.24, 2.45) is 0 Å². The Hall–Kier alpha value is -1.72.